The number of alkyl halides is 3. The Morgan fingerprint density at radius 3 is 2.70 bits per heavy atom. The summed E-state index contributed by atoms with van der Waals surface area (Å²) < 4.78 is 44.1. The van der Waals surface area contributed by atoms with Crippen LogP contribution >= 0.6 is 12.4 Å². The Morgan fingerprint density at radius 1 is 1.43 bits per heavy atom. The first-order valence-electron chi connectivity index (χ1n) is 7.18. The summed E-state index contributed by atoms with van der Waals surface area (Å²) in [6.07, 6.45) is -3.85. The lowest BCUT2D eigenvalue weighted by Crippen LogP contribution is -2.45. The number of halogens is 4. The lowest BCUT2D eigenvalue weighted by molar-refractivity contribution is -0.143. The largest absolute Gasteiger partial charge is 0.480 e. The van der Waals surface area contributed by atoms with E-state index in [4.69, 9.17) is 10.5 Å². The van der Waals surface area contributed by atoms with Crippen LogP contribution in [-0.4, -0.2) is 36.0 Å². The summed E-state index contributed by atoms with van der Waals surface area (Å²) in [5.41, 5.74) is 4.73. The van der Waals surface area contributed by atoms with Crippen LogP contribution in [0.1, 0.15) is 25.3 Å². The number of rotatable bonds is 4. The van der Waals surface area contributed by atoms with Crippen molar-refractivity contribution in [3.63, 3.8) is 0 Å². The van der Waals surface area contributed by atoms with Gasteiger partial charge in [-0.25, -0.2) is 0 Å². The summed E-state index contributed by atoms with van der Waals surface area (Å²) >= 11 is 0. The van der Waals surface area contributed by atoms with E-state index >= 15 is 0 Å². The van der Waals surface area contributed by atoms with Crippen LogP contribution in [-0.2, 0) is 11.0 Å². The van der Waals surface area contributed by atoms with E-state index in [0.717, 1.165) is 18.9 Å². The van der Waals surface area contributed by atoms with Gasteiger partial charge in [-0.3, -0.25) is 4.79 Å². The molecule has 2 atom stereocenters. The SMILES string of the molecule is CC(Oc1ccccc1C(F)(F)F)C(=O)N1CCCC1CN.Cl. The van der Waals surface area contributed by atoms with E-state index in [9.17, 15) is 18.0 Å². The number of hydrogen-bond donors (Lipinski definition) is 1. The second kappa shape index (κ2) is 7.88. The minimum absolute atomic E-state index is 0. The number of nitrogens with zero attached hydrogens (tertiary/aromatic N) is 1. The third kappa shape index (κ3) is 4.51. The zero-order chi connectivity index (χ0) is 16.3. The van der Waals surface area contributed by atoms with Gasteiger partial charge in [0.2, 0.25) is 0 Å². The van der Waals surface area contributed by atoms with Gasteiger partial charge in [0.25, 0.3) is 5.91 Å². The van der Waals surface area contributed by atoms with Crippen LogP contribution in [0.2, 0.25) is 0 Å². The molecule has 0 aliphatic carbocycles. The molecule has 2 unspecified atom stereocenters. The van der Waals surface area contributed by atoms with E-state index in [1.807, 2.05) is 0 Å². The normalized spacial score (nSPS) is 19.2. The highest BCUT2D eigenvalue weighted by atomic mass is 35.5. The van der Waals surface area contributed by atoms with Gasteiger partial charge in [-0.1, -0.05) is 12.1 Å². The van der Waals surface area contributed by atoms with Gasteiger partial charge in [-0.2, -0.15) is 13.2 Å². The molecule has 0 aromatic heterocycles. The molecule has 1 saturated heterocycles. The number of nitrogens with two attached hydrogens (primary N) is 1. The Bertz CT molecular complexity index is 540. The van der Waals surface area contributed by atoms with Crippen molar-refractivity contribution in [2.24, 2.45) is 5.73 Å². The quantitative estimate of drug-likeness (QED) is 0.906. The maximum Gasteiger partial charge on any atom is 0.419 e. The van der Waals surface area contributed by atoms with Gasteiger partial charge in [-0.15, -0.1) is 12.4 Å². The molecule has 1 aliphatic rings. The van der Waals surface area contributed by atoms with Crippen molar-refractivity contribution in [2.45, 2.75) is 38.1 Å². The van der Waals surface area contributed by atoms with Crippen LogP contribution in [0.4, 0.5) is 13.2 Å². The lowest BCUT2D eigenvalue weighted by atomic mass is 10.2. The monoisotopic (exact) mass is 352 g/mol. The second-order valence-electron chi connectivity index (χ2n) is 5.32. The topological polar surface area (TPSA) is 55.6 Å². The maximum absolute atomic E-state index is 12.9. The van der Waals surface area contributed by atoms with Crippen molar-refractivity contribution < 1.29 is 22.7 Å². The van der Waals surface area contributed by atoms with E-state index in [2.05, 4.69) is 0 Å². The molecule has 1 aromatic rings. The molecule has 1 fully saturated rings. The predicted octanol–water partition coefficient (Wildman–Crippen LogP) is 2.84. The zero-order valence-corrected chi connectivity index (χ0v) is 13.5. The summed E-state index contributed by atoms with van der Waals surface area (Å²) in [4.78, 5) is 13.9. The third-order valence-electron chi connectivity index (χ3n) is 3.78. The highest BCUT2D eigenvalue weighted by Gasteiger charge is 2.36. The van der Waals surface area contributed by atoms with Gasteiger partial charge >= 0.3 is 6.18 Å². The van der Waals surface area contributed by atoms with E-state index < -0.39 is 17.8 Å². The molecule has 1 amide bonds. The summed E-state index contributed by atoms with van der Waals surface area (Å²) in [6, 6.07) is 4.83. The van der Waals surface area contributed by atoms with Gasteiger partial charge in [0.05, 0.1) is 5.56 Å². The number of carbonyl (C=O) groups excluding carboxylic acids is 1. The van der Waals surface area contributed by atoms with Gasteiger partial charge in [0.1, 0.15) is 5.75 Å². The molecule has 23 heavy (non-hydrogen) atoms. The number of amides is 1. The van der Waals surface area contributed by atoms with E-state index in [-0.39, 0.29) is 30.1 Å². The average Bonchev–Trinajstić information content (AvgIpc) is 2.94. The molecule has 4 nitrogen and oxygen atoms in total. The molecular weight excluding hydrogens is 333 g/mol. The Balaban J connectivity index is 0.00000264. The van der Waals surface area contributed by atoms with Crippen molar-refractivity contribution in [1.82, 2.24) is 4.90 Å². The smallest absolute Gasteiger partial charge is 0.419 e. The van der Waals surface area contributed by atoms with Crippen molar-refractivity contribution in [2.75, 3.05) is 13.1 Å². The number of para-hydroxylation sites is 1. The summed E-state index contributed by atoms with van der Waals surface area (Å²) in [7, 11) is 0. The van der Waals surface area contributed by atoms with E-state index in [1.54, 1.807) is 4.90 Å². The number of hydrogen-bond acceptors (Lipinski definition) is 3. The van der Waals surface area contributed by atoms with Crippen LogP contribution in [0, 0.1) is 0 Å². The van der Waals surface area contributed by atoms with Gasteiger partial charge in [0, 0.05) is 19.1 Å². The predicted molar refractivity (Wildman–Crippen MR) is 82.6 cm³/mol. The fourth-order valence-corrected chi connectivity index (χ4v) is 2.65. The number of likely N-dealkylation sites (tertiary alicyclic amines) is 1. The third-order valence-corrected chi connectivity index (χ3v) is 3.78. The van der Waals surface area contributed by atoms with Crippen LogP contribution in [0.15, 0.2) is 24.3 Å². The Hall–Kier alpha value is -1.47. The van der Waals surface area contributed by atoms with Crippen LogP contribution < -0.4 is 10.5 Å². The zero-order valence-electron chi connectivity index (χ0n) is 12.7. The van der Waals surface area contributed by atoms with Crippen molar-refractivity contribution >= 4 is 18.3 Å². The molecular formula is C15H20ClF3N2O2. The molecule has 8 heteroatoms. The molecule has 1 aliphatic heterocycles. The van der Waals surface area contributed by atoms with Crippen LogP contribution in [0.3, 0.4) is 0 Å². The van der Waals surface area contributed by atoms with Crippen molar-refractivity contribution in [3.8, 4) is 5.75 Å². The molecule has 2 rings (SSSR count). The van der Waals surface area contributed by atoms with Crippen molar-refractivity contribution in [1.29, 1.82) is 0 Å². The van der Waals surface area contributed by atoms with E-state index in [0.29, 0.717) is 13.1 Å². The van der Waals surface area contributed by atoms with E-state index in [1.165, 1.54) is 25.1 Å². The molecule has 2 N–H and O–H groups in total. The molecule has 0 bridgehead atoms. The minimum Gasteiger partial charge on any atom is -0.480 e. The summed E-state index contributed by atoms with van der Waals surface area (Å²) in [5, 5.41) is 0. The average molecular weight is 353 g/mol. The first kappa shape index (κ1) is 19.6. The fraction of sp³-hybridized carbons (Fsp3) is 0.533. The summed E-state index contributed by atoms with van der Waals surface area (Å²) in [6.45, 7) is 2.37. The molecule has 130 valence electrons. The molecule has 0 spiro atoms. The van der Waals surface area contributed by atoms with Gasteiger partial charge < -0.3 is 15.4 Å². The Labute approximate surface area is 139 Å². The maximum atomic E-state index is 12.9. The number of ether oxygens (including phenoxy) is 1. The Morgan fingerprint density at radius 2 is 2.09 bits per heavy atom. The first-order valence-corrected chi connectivity index (χ1v) is 7.18. The highest BCUT2D eigenvalue weighted by Crippen LogP contribution is 2.36. The molecule has 0 radical (unpaired) electrons. The minimum atomic E-state index is -4.52. The molecule has 1 aromatic carbocycles. The number of carbonyl (C=O) groups is 1. The van der Waals surface area contributed by atoms with Gasteiger partial charge in [-0.05, 0) is 31.9 Å². The van der Waals surface area contributed by atoms with Gasteiger partial charge in [0.15, 0.2) is 6.10 Å². The molecule has 1 heterocycles. The lowest BCUT2D eigenvalue weighted by Gasteiger charge is -2.27. The highest BCUT2D eigenvalue weighted by molar-refractivity contribution is 5.85. The Kier molecular flexibility index (Phi) is 6.70. The molecule has 0 saturated carbocycles. The first-order chi connectivity index (χ1) is 10.3. The fourth-order valence-electron chi connectivity index (χ4n) is 2.65. The van der Waals surface area contributed by atoms with Crippen LogP contribution in [0.5, 0.6) is 5.75 Å². The summed E-state index contributed by atoms with van der Waals surface area (Å²) in [5.74, 6) is -0.663. The van der Waals surface area contributed by atoms with Crippen LogP contribution in [0.25, 0.3) is 0 Å². The second-order valence-corrected chi connectivity index (χ2v) is 5.32. The van der Waals surface area contributed by atoms with Crippen molar-refractivity contribution in [3.05, 3.63) is 29.8 Å². The standard InChI is InChI=1S/C15H19F3N2O2.ClH/c1-10(14(21)20-8-4-5-11(20)9-19)22-13-7-3-2-6-12(13)15(16,17)18;/h2-3,6-7,10-11H,4-5,8-9,19H2,1H3;1H. The number of benzene rings is 1.